The molecule has 0 aliphatic rings. The van der Waals surface area contributed by atoms with Gasteiger partial charge >= 0.3 is 0 Å². The fraction of sp³-hybridized carbons (Fsp3) is 0.583. The van der Waals surface area contributed by atoms with E-state index in [1.54, 1.807) is 6.20 Å². The summed E-state index contributed by atoms with van der Waals surface area (Å²) in [5.74, 6) is 0.493. The molecular formula is C12H20N2. The monoisotopic (exact) mass is 192 g/mol. The van der Waals surface area contributed by atoms with Crippen LogP contribution in [0.3, 0.4) is 0 Å². The van der Waals surface area contributed by atoms with Crippen LogP contribution in [0.15, 0.2) is 24.5 Å². The van der Waals surface area contributed by atoms with Crippen LogP contribution in [0.4, 0.5) is 0 Å². The Bertz CT molecular complexity index is 269. The maximum atomic E-state index is 6.34. The van der Waals surface area contributed by atoms with E-state index >= 15 is 0 Å². The third-order valence-corrected chi connectivity index (χ3v) is 3.06. The molecule has 1 unspecified atom stereocenters. The lowest BCUT2D eigenvalue weighted by Crippen LogP contribution is -2.46. The van der Waals surface area contributed by atoms with Gasteiger partial charge in [-0.05, 0) is 30.4 Å². The average molecular weight is 192 g/mol. The lowest BCUT2D eigenvalue weighted by Gasteiger charge is -2.32. The molecule has 2 N–H and O–H groups in total. The van der Waals surface area contributed by atoms with E-state index in [1.807, 2.05) is 12.3 Å². The van der Waals surface area contributed by atoms with Crippen molar-refractivity contribution in [1.29, 1.82) is 0 Å². The van der Waals surface area contributed by atoms with Crippen molar-refractivity contribution in [2.75, 3.05) is 0 Å². The standard InChI is InChI=1S/C12H20N2/c1-4-12(13,10(2)3)8-11-6-5-7-14-9-11/h5-7,9-10H,4,8,13H2,1-3H3. The van der Waals surface area contributed by atoms with Crippen molar-refractivity contribution in [3.05, 3.63) is 30.1 Å². The summed E-state index contributed by atoms with van der Waals surface area (Å²) in [6.07, 6.45) is 5.61. The molecule has 0 saturated heterocycles. The molecule has 14 heavy (non-hydrogen) atoms. The third-order valence-electron chi connectivity index (χ3n) is 3.06. The van der Waals surface area contributed by atoms with Gasteiger partial charge in [-0.15, -0.1) is 0 Å². The third kappa shape index (κ3) is 2.55. The van der Waals surface area contributed by atoms with Crippen LogP contribution in [0.2, 0.25) is 0 Å². The van der Waals surface area contributed by atoms with Crippen molar-refractivity contribution < 1.29 is 0 Å². The van der Waals surface area contributed by atoms with Gasteiger partial charge in [-0.3, -0.25) is 4.98 Å². The van der Waals surface area contributed by atoms with E-state index in [4.69, 9.17) is 5.73 Å². The topological polar surface area (TPSA) is 38.9 Å². The van der Waals surface area contributed by atoms with E-state index in [0.717, 1.165) is 12.8 Å². The SMILES string of the molecule is CCC(N)(Cc1cccnc1)C(C)C. The molecule has 1 atom stereocenters. The minimum absolute atomic E-state index is 0.0942. The second-order valence-electron chi connectivity index (χ2n) is 4.28. The fourth-order valence-electron chi connectivity index (χ4n) is 1.62. The van der Waals surface area contributed by atoms with E-state index in [2.05, 4.69) is 31.8 Å². The highest BCUT2D eigenvalue weighted by Gasteiger charge is 2.26. The van der Waals surface area contributed by atoms with Gasteiger partial charge in [0.15, 0.2) is 0 Å². The first kappa shape index (κ1) is 11.2. The number of aromatic nitrogens is 1. The van der Waals surface area contributed by atoms with Gasteiger partial charge in [0.2, 0.25) is 0 Å². The summed E-state index contributed by atoms with van der Waals surface area (Å²) in [5.41, 5.74) is 7.48. The zero-order chi connectivity index (χ0) is 10.6. The van der Waals surface area contributed by atoms with Gasteiger partial charge in [-0.2, -0.15) is 0 Å². The van der Waals surface area contributed by atoms with Crippen molar-refractivity contribution in [3.8, 4) is 0 Å². The molecule has 0 aliphatic heterocycles. The van der Waals surface area contributed by atoms with E-state index in [0.29, 0.717) is 5.92 Å². The Kier molecular flexibility index (Phi) is 3.64. The highest BCUT2D eigenvalue weighted by Crippen LogP contribution is 2.22. The minimum Gasteiger partial charge on any atom is -0.325 e. The quantitative estimate of drug-likeness (QED) is 0.795. The summed E-state index contributed by atoms with van der Waals surface area (Å²) in [6.45, 7) is 6.51. The smallest absolute Gasteiger partial charge is 0.0300 e. The molecule has 1 aromatic rings. The van der Waals surface area contributed by atoms with E-state index < -0.39 is 0 Å². The van der Waals surface area contributed by atoms with Gasteiger partial charge in [-0.25, -0.2) is 0 Å². The molecule has 1 aromatic heterocycles. The zero-order valence-corrected chi connectivity index (χ0v) is 9.33. The van der Waals surface area contributed by atoms with Crippen molar-refractivity contribution in [1.82, 2.24) is 4.98 Å². The first-order valence-corrected chi connectivity index (χ1v) is 5.26. The molecule has 78 valence electrons. The zero-order valence-electron chi connectivity index (χ0n) is 9.33. The van der Waals surface area contributed by atoms with Gasteiger partial charge in [0.05, 0.1) is 0 Å². The predicted molar refractivity (Wildman–Crippen MR) is 60.0 cm³/mol. The Hall–Kier alpha value is -0.890. The average Bonchev–Trinajstić information content (AvgIpc) is 2.19. The van der Waals surface area contributed by atoms with Crippen LogP contribution in [-0.4, -0.2) is 10.5 Å². The van der Waals surface area contributed by atoms with Crippen LogP contribution in [0.5, 0.6) is 0 Å². The molecule has 2 nitrogen and oxygen atoms in total. The van der Waals surface area contributed by atoms with Gasteiger partial charge < -0.3 is 5.73 Å². The fourth-order valence-corrected chi connectivity index (χ4v) is 1.62. The Balaban J connectivity index is 2.76. The molecule has 0 bridgehead atoms. The van der Waals surface area contributed by atoms with Crippen LogP contribution in [0.25, 0.3) is 0 Å². The molecule has 0 saturated carbocycles. The van der Waals surface area contributed by atoms with Gasteiger partial charge in [0.1, 0.15) is 0 Å². The molecule has 1 rings (SSSR count). The summed E-state index contributed by atoms with van der Waals surface area (Å²) in [7, 11) is 0. The molecule has 0 fully saturated rings. The first-order chi connectivity index (χ1) is 6.58. The van der Waals surface area contributed by atoms with Crippen molar-refractivity contribution in [3.63, 3.8) is 0 Å². The van der Waals surface area contributed by atoms with Crippen molar-refractivity contribution in [2.24, 2.45) is 11.7 Å². The summed E-state index contributed by atoms with van der Waals surface area (Å²) >= 11 is 0. The second kappa shape index (κ2) is 4.56. The predicted octanol–water partition coefficient (Wildman–Crippen LogP) is 2.39. The van der Waals surface area contributed by atoms with Crippen molar-refractivity contribution in [2.45, 2.75) is 39.2 Å². The molecular weight excluding hydrogens is 172 g/mol. The maximum absolute atomic E-state index is 6.34. The number of hydrogen-bond acceptors (Lipinski definition) is 2. The molecule has 0 radical (unpaired) electrons. The van der Waals surface area contributed by atoms with Crippen LogP contribution in [0.1, 0.15) is 32.8 Å². The normalized spacial score (nSPS) is 15.5. The molecule has 0 aromatic carbocycles. The Labute approximate surface area is 86.5 Å². The lowest BCUT2D eigenvalue weighted by atomic mass is 9.80. The molecule has 0 aliphatic carbocycles. The number of hydrogen-bond donors (Lipinski definition) is 1. The van der Waals surface area contributed by atoms with E-state index in [1.165, 1.54) is 5.56 Å². The maximum Gasteiger partial charge on any atom is 0.0300 e. The van der Waals surface area contributed by atoms with E-state index in [-0.39, 0.29) is 5.54 Å². The molecule has 1 heterocycles. The highest BCUT2D eigenvalue weighted by atomic mass is 14.7. The first-order valence-electron chi connectivity index (χ1n) is 5.26. The lowest BCUT2D eigenvalue weighted by molar-refractivity contribution is 0.296. The number of pyridine rings is 1. The van der Waals surface area contributed by atoms with Crippen LogP contribution >= 0.6 is 0 Å². The summed E-state index contributed by atoms with van der Waals surface area (Å²) in [6, 6.07) is 4.05. The Morgan fingerprint density at radius 2 is 2.21 bits per heavy atom. The Morgan fingerprint density at radius 1 is 1.50 bits per heavy atom. The van der Waals surface area contributed by atoms with Gasteiger partial charge in [0.25, 0.3) is 0 Å². The minimum atomic E-state index is -0.0942. The van der Waals surface area contributed by atoms with Crippen molar-refractivity contribution >= 4 is 0 Å². The number of nitrogens with zero attached hydrogens (tertiary/aromatic N) is 1. The number of rotatable bonds is 4. The van der Waals surface area contributed by atoms with E-state index in [9.17, 15) is 0 Å². The van der Waals surface area contributed by atoms with Crippen LogP contribution in [-0.2, 0) is 6.42 Å². The Morgan fingerprint density at radius 3 is 2.64 bits per heavy atom. The summed E-state index contributed by atoms with van der Waals surface area (Å²) in [4.78, 5) is 4.11. The number of nitrogens with two attached hydrogens (primary N) is 1. The summed E-state index contributed by atoms with van der Waals surface area (Å²) in [5, 5.41) is 0. The van der Waals surface area contributed by atoms with Crippen LogP contribution in [0, 0.1) is 5.92 Å². The molecule has 2 heteroatoms. The van der Waals surface area contributed by atoms with Gasteiger partial charge in [0, 0.05) is 17.9 Å². The largest absolute Gasteiger partial charge is 0.325 e. The summed E-state index contributed by atoms with van der Waals surface area (Å²) < 4.78 is 0. The van der Waals surface area contributed by atoms with Gasteiger partial charge in [-0.1, -0.05) is 26.8 Å². The van der Waals surface area contributed by atoms with Crippen LogP contribution < -0.4 is 5.73 Å². The molecule has 0 amide bonds. The second-order valence-corrected chi connectivity index (χ2v) is 4.28. The molecule has 0 spiro atoms. The highest BCUT2D eigenvalue weighted by molar-refractivity contribution is 5.13.